The summed E-state index contributed by atoms with van der Waals surface area (Å²) in [7, 11) is 1.95. The summed E-state index contributed by atoms with van der Waals surface area (Å²) in [6, 6.07) is 15.6. The molecule has 3 rings (SSSR count). The second kappa shape index (κ2) is 5.70. The van der Waals surface area contributed by atoms with E-state index in [1.54, 1.807) is 6.07 Å². The second-order valence-corrected chi connectivity index (χ2v) is 5.38. The summed E-state index contributed by atoms with van der Waals surface area (Å²) in [5.74, 6) is -0.177. The number of aryl methyl sites for hydroxylation is 1. The molecule has 0 saturated carbocycles. The lowest BCUT2D eigenvalue weighted by Crippen LogP contribution is -2.12. The van der Waals surface area contributed by atoms with Crippen molar-refractivity contribution in [2.45, 2.75) is 20.0 Å². The van der Waals surface area contributed by atoms with Gasteiger partial charge in [0, 0.05) is 24.3 Å². The van der Waals surface area contributed by atoms with Gasteiger partial charge in [0.1, 0.15) is 5.82 Å². The molecule has 0 aliphatic heterocycles. The van der Waals surface area contributed by atoms with Crippen LogP contribution in [0.25, 0.3) is 10.9 Å². The Balaban J connectivity index is 2.07. The number of rotatable bonds is 4. The van der Waals surface area contributed by atoms with Crippen LogP contribution in [0.1, 0.15) is 16.8 Å². The Morgan fingerprint density at radius 2 is 1.90 bits per heavy atom. The summed E-state index contributed by atoms with van der Waals surface area (Å²) < 4.78 is 15.6. The van der Waals surface area contributed by atoms with Crippen LogP contribution in [0, 0.1) is 12.7 Å². The Morgan fingerprint density at radius 3 is 2.67 bits per heavy atom. The standard InChI is InChI=1S/C18H19FN2/c1-13-9-16(19)8-7-15(13)12-21-17(11-20-2)10-14-5-3-4-6-18(14)21/h3-10,20H,11-12H2,1-2H3. The van der Waals surface area contributed by atoms with Gasteiger partial charge in [-0.1, -0.05) is 24.3 Å². The first-order valence-electron chi connectivity index (χ1n) is 7.16. The highest BCUT2D eigenvalue weighted by atomic mass is 19.1. The molecule has 3 heteroatoms. The summed E-state index contributed by atoms with van der Waals surface area (Å²) in [6.45, 7) is 3.54. The predicted octanol–water partition coefficient (Wildman–Crippen LogP) is 3.86. The SMILES string of the molecule is CNCc1cc2ccccc2n1Cc1ccc(F)cc1C. The fourth-order valence-corrected chi connectivity index (χ4v) is 2.79. The van der Waals surface area contributed by atoms with Gasteiger partial charge in [-0.15, -0.1) is 0 Å². The number of hydrogen-bond acceptors (Lipinski definition) is 1. The summed E-state index contributed by atoms with van der Waals surface area (Å²) in [5.41, 5.74) is 4.59. The number of nitrogens with zero attached hydrogens (tertiary/aromatic N) is 1. The molecule has 3 aromatic rings. The zero-order valence-corrected chi connectivity index (χ0v) is 12.4. The van der Waals surface area contributed by atoms with Crippen LogP contribution >= 0.6 is 0 Å². The van der Waals surface area contributed by atoms with Crippen LogP contribution < -0.4 is 5.32 Å². The predicted molar refractivity (Wildman–Crippen MR) is 84.9 cm³/mol. The molecule has 21 heavy (non-hydrogen) atoms. The Hall–Kier alpha value is -2.13. The van der Waals surface area contributed by atoms with Gasteiger partial charge in [0.2, 0.25) is 0 Å². The van der Waals surface area contributed by atoms with E-state index >= 15 is 0 Å². The van der Waals surface area contributed by atoms with Crippen molar-refractivity contribution < 1.29 is 4.39 Å². The van der Waals surface area contributed by atoms with E-state index in [1.807, 2.05) is 20.0 Å². The molecular weight excluding hydrogens is 263 g/mol. The first-order chi connectivity index (χ1) is 10.2. The van der Waals surface area contributed by atoms with Crippen LogP contribution in [0.2, 0.25) is 0 Å². The number of fused-ring (bicyclic) bond motifs is 1. The largest absolute Gasteiger partial charge is 0.339 e. The highest BCUT2D eigenvalue weighted by Crippen LogP contribution is 2.22. The summed E-state index contributed by atoms with van der Waals surface area (Å²) >= 11 is 0. The van der Waals surface area contributed by atoms with Crippen molar-refractivity contribution in [3.05, 3.63) is 71.2 Å². The van der Waals surface area contributed by atoms with Crippen molar-refractivity contribution in [2.75, 3.05) is 7.05 Å². The van der Waals surface area contributed by atoms with Crippen molar-refractivity contribution in [3.63, 3.8) is 0 Å². The van der Waals surface area contributed by atoms with Gasteiger partial charge in [-0.25, -0.2) is 4.39 Å². The van der Waals surface area contributed by atoms with Crippen molar-refractivity contribution in [1.82, 2.24) is 9.88 Å². The average molecular weight is 282 g/mol. The molecule has 0 radical (unpaired) electrons. The third kappa shape index (κ3) is 2.69. The van der Waals surface area contributed by atoms with Gasteiger partial charge in [-0.2, -0.15) is 0 Å². The number of para-hydroxylation sites is 1. The topological polar surface area (TPSA) is 17.0 Å². The number of benzene rings is 2. The summed E-state index contributed by atoms with van der Waals surface area (Å²) in [4.78, 5) is 0. The smallest absolute Gasteiger partial charge is 0.123 e. The van der Waals surface area contributed by atoms with E-state index in [2.05, 4.69) is 40.2 Å². The molecule has 0 spiro atoms. The molecular formula is C18H19FN2. The van der Waals surface area contributed by atoms with Gasteiger partial charge in [0.25, 0.3) is 0 Å². The first-order valence-corrected chi connectivity index (χ1v) is 7.16. The molecule has 0 aliphatic carbocycles. The fourth-order valence-electron chi connectivity index (χ4n) is 2.79. The number of hydrogen-bond donors (Lipinski definition) is 1. The summed E-state index contributed by atoms with van der Waals surface area (Å²) in [5, 5.41) is 4.45. The number of nitrogens with one attached hydrogen (secondary N) is 1. The molecule has 0 fully saturated rings. The van der Waals surface area contributed by atoms with Crippen molar-refractivity contribution in [3.8, 4) is 0 Å². The molecule has 1 heterocycles. The maximum absolute atomic E-state index is 13.3. The highest BCUT2D eigenvalue weighted by Gasteiger charge is 2.09. The van der Waals surface area contributed by atoms with Gasteiger partial charge in [0.15, 0.2) is 0 Å². The minimum atomic E-state index is -0.177. The molecule has 0 aliphatic rings. The lowest BCUT2D eigenvalue weighted by molar-refractivity contribution is 0.624. The lowest BCUT2D eigenvalue weighted by atomic mass is 10.1. The molecule has 0 bridgehead atoms. The molecule has 1 aromatic heterocycles. The van der Waals surface area contributed by atoms with Crippen LogP contribution in [-0.2, 0) is 13.1 Å². The first kappa shape index (κ1) is 13.8. The van der Waals surface area contributed by atoms with Crippen LogP contribution in [0.15, 0.2) is 48.5 Å². The Labute approximate surface area is 124 Å². The van der Waals surface area contributed by atoms with Crippen LogP contribution in [0.4, 0.5) is 4.39 Å². The molecule has 0 amide bonds. The van der Waals surface area contributed by atoms with Crippen LogP contribution in [0.3, 0.4) is 0 Å². The van der Waals surface area contributed by atoms with Gasteiger partial charge < -0.3 is 9.88 Å². The quantitative estimate of drug-likeness (QED) is 0.769. The van der Waals surface area contributed by atoms with Gasteiger partial charge in [0.05, 0.1) is 0 Å². The fraction of sp³-hybridized carbons (Fsp3) is 0.222. The Morgan fingerprint density at radius 1 is 1.10 bits per heavy atom. The zero-order valence-electron chi connectivity index (χ0n) is 12.4. The van der Waals surface area contributed by atoms with Crippen molar-refractivity contribution in [2.24, 2.45) is 0 Å². The van der Waals surface area contributed by atoms with E-state index in [0.717, 1.165) is 24.2 Å². The van der Waals surface area contributed by atoms with Crippen LogP contribution in [-0.4, -0.2) is 11.6 Å². The zero-order chi connectivity index (χ0) is 14.8. The van der Waals surface area contributed by atoms with E-state index in [0.29, 0.717) is 0 Å². The van der Waals surface area contributed by atoms with Gasteiger partial charge in [-0.3, -0.25) is 0 Å². The third-order valence-electron chi connectivity index (χ3n) is 3.89. The van der Waals surface area contributed by atoms with E-state index in [9.17, 15) is 4.39 Å². The molecule has 0 atom stereocenters. The summed E-state index contributed by atoms with van der Waals surface area (Å²) in [6.07, 6.45) is 0. The van der Waals surface area contributed by atoms with E-state index in [-0.39, 0.29) is 5.82 Å². The molecule has 0 saturated heterocycles. The number of halogens is 1. The van der Waals surface area contributed by atoms with Crippen molar-refractivity contribution >= 4 is 10.9 Å². The van der Waals surface area contributed by atoms with Crippen LogP contribution in [0.5, 0.6) is 0 Å². The average Bonchev–Trinajstić information content (AvgIpc) is 2.80. The van der Waals surface area contributed by atoms with E-state index < -0.39 is 0 Å². The van der Waals surface area contributed by atoms with Crippen molar-refractivity contribution in [1.29, 1.82) is 0 Å². The Kier molecular flexibility index (Phi) is 3.76. The van der Waals surface area contributed by atoms with Gasteiger partial charge in [-0.05, 0) is 54.8 Å². The lowest BCUT2D eigenvalue weighted by Gasteiger charge is -2.13. The molecule has 108 valence electrons. The minimum Gasteiger partial charge on any atom is -0.339 e. The normalized spacial score (nSPS) is 11.2. The molecule has 2 nitrogen and oxygen atoms in total. The maximum Gasteiger partial charge on any atom is 0.123 e. The monoisotopic (exact) mass is 282 g/mol. The molecule has 1 N–H and O–H groups in total. The second-order valence-electron chi connectivity index (χ2n) is 5.38. The van der Waals surface area contributed by atoms with Gasteiger partial charge >= 0.3 is 0 Å². The Bertz CT molecular complexity index is 774. The van der Waals surface area contributed by atoms with E-state index in [1.165, 1.54) is 22.7 Å². The molecule has 2 aromatic carbocycles. The maximum atomic E-state index is 13.3. The third-order valence-corrected chi connectivity index (χ3v) is 3.89. The minimum absolute atomic E-state index is 0.177. The number of aromatic nitrogens is 1. The highest BCUT2D eigenvalue weighted by molar-refractivity contribution is 5.81. The van der Waals surface area contributed by atoms with E-state index in [4.69, 9.17) is 0 Å². The molecule has 0 unspecified atom stereocenters.